The molecule has 0 radical (unpaired) electrons. The number of ketones is 2. The highest BCUT2D eigenvalue weighted by molar-refractivity contribution is 6.27. The lowest BCUT2D eigenvalue weighted by atomic mass is 9.89. The molecule has 4 rings (SSSR count). The van der Waals surface area contributed by atoms with Gasteiger partial charge >= 0.3 is 0 Å². The van der Waals surface area contributed by atoms with Crippen LogP contribution in [0, 0.1) is 6.92 Å². The molecule has 0 saturated carbocycles. The molecule has 2 aromatic carbocycles. The van der Waals surface area contributed by atoms with E-state index >= 15 is 0 Å². The molecule has 26 heavy (non-hydrogen) atoms. The summed E-state index contributed by atoms with van der Waals surface area (Å²) in [4.78, 5) is 28.3. The van der Waals surface area contributed by atoms with Crippen LogP contribution in [0.3, 0.4) is 0 Å². The van der Waals surface area contributed by atoms with Crippen LogP contribution in [0.2, 0.25) is 0 Å². The smallest absolute Gasteiger partial charge is 0.212 e. The molecule has 1 heterocycles. The fraction of sp³-hybridized carbons (Fsp3) is 0.273. The maximum absolute atomic E-state index is 13.1. The first-order chi connectivity index (χ1) is 12.1. The Morgan fingerprint density at radius 2 is 1.42 bits per heavy atom. The summed E-state index contributed by atoms with van der Waals surface area (Å²) in [5.74, 6) is -0.176. The van der Waals surface area contributed by atoms with Crippen LogP contribution in [-0.2, 0) is 0 Å². The third-order valence-electron chi connectivity index (χ3n) is 4.84. The van der Waals surface area contributed by atoms with E-state index in [0.29, 0.717) is 22.5 Å². The molecule has 4 nitrogen and oxygen atoms in total. The van der Waals surface area contributed by atoms with Gasteiger partial charge in [-0.25, -0.2) is 0 Å². The number of aryl methyl sites for hydroxylation is 1. The minimum atomic E-state index is -0.113. The van der Waals surface area contributed by atoms with E-state index in [9.17, 15) is 9.59 Å². The summed E-state index contributed by atoms with van der Waals surface area (Å²) in [6, 6.07) is 14.9. The number of nitrogens with zero attached hydrogens (tertiary/aromatic N) is 1. The van der Waals surface area contributed by atoms with Crippen molar-refractivity contribution in [2.45, 2.75) is 27.2 Å². The maximum Gasteiger partial charge on any atom is 0.212 e. The van der Waals surface area contributed by atoms with Gasteiger partial charge in [0.15, 0.2) is 0 Å². The molecule has 2 aromatic rings. The van der Waals surface area contributed by atoms with E-state index < -0.39 is 0 Å². The van der Waals surface area contributed by atoms with E-state index in [0.717, 1.165) is 37.2 Å². The third kappa shape index (κ3) is 3.03. The monoisotopic (exact) mass is 348 g/mol. The number of anilines is 1. The fourth-order valence-electron chi connectivity index (χ4n) is 3.50. The zero-order valence-electron chi connectivity index (χ0n) is 14.2. The van der Waals surface area contributed by atoms with Crippen molar-refractivity contribution in [1.82, 2.24) is 4.90 Å². The van der Waals surface area contributed by atoms with E-state index in [4.69, 9.17) is 0 Å². The molecule has 0 spiro atoms. The van der Waals surface area contributed by atoms with Gasteiger partial charge < -0.3 is 10.2 Å². The van der Waals surface area contributed by atoms with Gasteiger partial charge in [0.2, 0.25) is 11.6 Å². The van der Waals surface area contributed by atoms with Gasteiger partial charge in [0.05, 0.1) is 0 Å². The Bertz CT molecular complexity index is 875. The van der Waals surface area contributed by atoms with Gasteiger partial charge in [-0.2, -0.15) is 0 Å². The molecular weight excluding hydrogens is 324 g/mol. The molecule has 1 aliphatic heterocycles. The highest BCUT2D eigenvalue weighted by Crippen LogP contribution is 2.31. The second-order valence-electron chi connectivity index (χ2n) is 6.61. The van der Waals surface area contributed by atoms with Crippen LogP contribution in [0.5, 0.6) is 0 Å². The number of likely N-dealkylation sites (tertiary alicyclic amines) is 1. The number of fused-ring (bicyclic) bond motifs is 1. The summed E-state index contributed by atoms with van der Waals surface area (Å²) in [5.41, 5.74) is 3.86. The van der Waals surface area contributed by atoms with Crippen molar-refractivity contribution in [1.29, 1.82) is 0 Å². The van der Waals surface area contributed by atoms with Crippen LogP contribution in [0.4, 0.5) is 5.69 Å². The number of allylic oxidation sites excluding steroid dienone is 2. The fourth-order valence-corrected chi connectivity index (χ4v) is 3.50. The Hall–Kier alpha value is -2.88. The second kappa shape index (κ2) is 7.16. The lowest BCUT2D eigenvalue weighted by Gasteiger charge is -2.28. The average molecular weight is 348 g/mol. The topological polar surface area (TPSA) is 49.4 Å². The molecule has 0 atom stereocenters. The predicted octanol–water partition coefficient (Wildman–Crippen LogP) is 4.43. The third-order valence-corrected chi connectivity index (χ3v) is 4.84. The van der Waals surface area contributed by atoms with Crippen LogP contribution in [0.25, 0.3) is 0 Å². The molecule has 1 N–H and O–H groups in total. The van der Waals surface area contributed by atoms with Crippen LogP contribution in [0.15, 0.2) is 59.9 Å². The number of hydrogen-bond acceptors (Lipinski definition) is 4. The number of benzene rings is 2. The zero-order valence-corrected chi connectivity index (χ0v) is 14.2. The van der Waals surface area contributed by atoms with Gasteiger partial charge in [-0.15, -0.1) is 0 Å². The number of Topliss-reactive ketones (excluding diaryl/α,β-unsaturated/α-hetero) is 2. The van der Waals surface area contributed by atoms with Crippen molar-refractivity contribution in [3.63, 3.8) is 0 Å². The summed E-state index contributed by atoms with van der Waals surface area (Å²) in [6.45, 7) is 3.65. The van der Waals surface area contributed by atoms with E-state index in [1.54, 1.807) is 18.2 Å². The van der Waals surface area contributed by atoms with Crippen molar-refractivity contribution in [2.75, 3.05) is 18.4 Å². The van der Waals surface area contributed by atoms with Crippen LogP contribution < -0.4 is 5.32 Å². The first kappa shape index (κ1) is 17.9. The van der Waals surface area contributed by atoms with Gasteiger partial charge in [-0.1, -0.05) is 49.4 Å². The Labute approximate surface area is 154 Å². The Balaban J connectivity index is 0.00000196. The molecule has 0 aromatic heterocycles. The molecule has 1 saturated heterocycles. The van der Waals surface area contributed by atoms with Gasteiger partial charge in [0.25, 0.3) is 0 Å². The molecule has 4 heteroatoms. The van der Waals surface area contributed by atoms with E-state index in [-0.39, 0.29) is 19.0 Å². The first-order valence-corrected chi connectivity index (χ1v) is 8.66. The minimum absolute atomic E-state index is 0. The molecular formula is C22H24N2O2. The summed E-state index contributed by atoms with van der Waals surface area (Å²) in [7, 11) is 0. The van der Waals surface area contributed by atoms with Crippen molar-refractivity contribution in [2.24, 2.45) is 0 Å². The minimum Gasteiger partial charge on any atom is -0.367 e. The Morgan fingerprint density at radius 3 is 2.04 bits per heavy atom. The van der Waals surface area contributed by atoms with Gasteiger partial charge in [-0.3, -0.25) is 9.59 Å². The summed E-state index contributed by atoms with van der Waals surface area (Å²) in [5, 5.41) is 3.22. The molecule has 0 amide bonds. The number of rotatable bonds is 3. The van der Waals surface area contributed by atoms with Crippen molar-refractivity contribution in [3.05, 3.63) is 76.6 Å². The van der Waals surface area contributed by atoms with Crippen LogP contribution >= 0.6 is 0 Å². The predicted molar refractivity (Wildman–Crippen MR) is 104 cm³/mol. The average Bonchev–Trinajstić information content (AvgIpc) is 3.15. The zero-order chi connectivity index (χ0) is 17.4. The van der Waals surface area contributed by atoms with Crippen LogP contribution in [0.1, 0.15) is 46.5 Å². The molecule has 1 aliphatic carbocycles. The highest BCUT2D eigenvalue weighted by atomic mass is 16.1. The van der Waals surface area contributed by atoms with Crippen LogP contribution in [-0.4, -0.2) is 29.6 Å². The largest absolute Gasteiger partial charge is 0.367 e. The number of nitrogens with one attached hydrogen (secondary N) is 1. The number of hydrogen-bond donors (Lipinski definition) is 1. The number of carbonyl (C=O) groups excluding carboxylic acids is 2. The molecule has 2 aliphatic rings. The normalized spacial score (nSPS) is 16.4. The molecule has 134 valence electrons. The molecule has 0 bridgehead atoms. The second-order valence-corrected chi connectivity index (χ2v) is 6.61. The summed E-state index contributed by atoms with van der Waals surface area (Å²) in [6.07, 6.45) is 2.09. The lowest BCUT2D eigenvalue weighted by Crippen LogP contribution is -2.35. The Morgan fingerprint density at radius 1 is 0.846 bits per heavy atom. The van der Waals surface area contributed by atoms with Crippen molar-refractivity contribution >= 4 is 17.3 Å². The van der Waals surface area contributed by atoms with Gasteiger partial charge in [0, 0.05) is 29.9 Å². The van der Waals surface area contributed by atoms with Crippen molar-refractivity contribution < 1.29 is 9.59 Å². The standard InChI is InChI=1S/C21H20N2O2.CH4/c1-14-8-10-15(11-9-14)22-18-19(23-12-4-5-13-23)21(25)17-7-3-2-6-16(17)20(18)24;/h2-3,6-11,22H,4-5,12-13H2,1H3;1H4. The summed E-state index contributed by atoms with van der Waals surface area (Å²) < 4.78 is 0. The molecule has 1 fully saturated rings. The first-order valence-electron chi connectivity index (χ1n) is 8.66. The number of carbonyl (C=O) groups is 2. The summed E-state index contributed by atoms with van der Waals surface area (Å²) >= 11 is 0. The quantitative estimate of drug-likeness (QED) is 0.891. The SMILES string of the molecule is C.Cc1ccc(NC2=C(N3CCCC3)C(=O)c3ccccc3C2=O)cc1. The van der Waals surface area contributed by atoms with Gasteiger partial charge in [-0.05, 0) is 31.9 Å². The van der Waals surface area contributed by atoms with E-state index in [1.165, 1.54) is 0 Å². The lowest BCUT2D eigenvalue weighted by molar-refractivity contribution is 0.0948. The van der Waals surface area contributed by atoms with E-state index in [1.807, 2.05) is 42.2 Å². The highest BCUT2D eigenvalue weighted by Gasteiger charge is 2.35. The van der Waals surface area contributed by atoms with E-state index in [2.05, 4.69) is 5.32 Å². The maximum atomic E-state index is 13.1. The molecule has 0 unspecified atom stereocenters. The van der Waals surface area contributed by atoms with Gasteiger partial charge in [0.1, 0.15) is 11.4 Å². The van der Waals surface area contributed by atoms with Crippen molar-refractivity contribution in [3.8, 4) is 0 Å². The Kier molecular flexibility index (Phi) is 4.94.